The molecule has 10 heavy (non-hydrogen) atoms. The molecule has 0 aromatic rings. The van der Waals surface area contributed by atoms with E-state index in [-0.39, 0.29) is 4.92 Å². The number of rotatable bonds is 1. The van der Waals surface area contributed by atoms with E-state index >= 15 is 0 Å². The molecule has 1 heterocycles. The maximum atomic E-state index is 10.3. The number of aliphatic imine (C=N–C) groups is 1. The second kappa shape index (κ2) is 2.21. The number of nitro groups is 1. The summed E-state index contributed by atoms with van der Waals surface area (Å²) in [6, 6.07) is 0. The van der Waals surface area contributed by atoms with Crippen LogP contribution in [0.4, 0.5) is 0 Å². The van der Waals surface area contributed by atoms with Gasteiger partial charge in [-0.25, -0.2) is 0 Å². The summed E-state index contributed by atoms with van der Waals surface area (Å²) in [5.74, 6) is 0. The van der Waals surface area contributed by atoms with Crippen LogP contribution in [0.15, 0.2) is 17.1 Å². The maximum Gasteiger partial charge on any atom is 0.262 e. The zero-order valence-electron chi connectivity index (χ0n) is 5.52. The molecular weight excluding hydrogens is 132 g/mol. The molecule has 0 aliphatic carbocycles. The van der Waals surface area contributed by atoms with Crippen LogP contribution in [0.5, 0.6) is 0 Å². The van der Waals surface area contributed by atoms with Crippen molar-refractivity contribution in [3.05, 3.63) is 28.8 Å². The van der Waals surface area contributed by atoms with E-state index in [4.69, 9.17) is 0 Å². The first-order valence-corrected chi connectivity index (χ1v) is 2.85. The molecule has 53 valence electrons. The molecule has 0 N–H and O–H groups in total. The molecule has 1 atom stereocenters. The molecule has 0 amide bonds. The van der Waals surface area contributed by atoms with Crippen LogP contribution in [0.2, 0.25) is 0 Å². The minimum Gasteiger partial charge on any atom is -0.279 e. The smallest absolute Gasteiger partial charge is 0.262 e. The average Bonchev–Trinajstić information content (AvgIpc) is 1.89. The Balaban J connectivity index is 2.80. The fourth-order valence-corrected chi connectivity index (χ4v) is 0.633. The van der Waals surface area contributed by atoms with E-state index in [1.165, 1.54) is 25.8 Å². The number of allylic oxidation sites excluding steroid dienone is 1. The predicted molar refractivity (Wildman–Crippen MR) is 37.3 cm³/mol. The van der Waals surface area contributed by atoms with Gasteiger partial charge >= 0.3 is 0 Å². The minimum absolute atomic E-state index is 0.375. The maximum absolute atomic E-state index is 10.3. The summed E-state index contributed by atoms with van der Waals surface area (Å²) >= 11 is 0. The Morgan fingerprint density at radius 1 is 1.70 bits per heavy atom. The van der Waals surface area contributed by atoms with Crippen molar-refractivity contribution < 1.29 is 4.92 Å². The highest BCUT2D eigenvalue weighted by Gasteiger charge is 2.35. The van der Waals surface area contributed by atoms with E-state index in [2.05, 4.69) is 4.99 Å². The van der Waals surface area contributed by atoms with Crippen molar-refractivity contribution in [2.24, 2.45) is 4.99 Å². The summed E-state index contributed by atoms with van der Waals surface area (Å²) in [6.07, 6.45) is 4.59. The van der Waals surface area contributed by atoms with Gasteiger partial charge in [0.2, 0.25) is 0 Å². The van der Waals surface area contributed by atoms with E-state index in [1.807, 2.05) is 0 Å². The van der Waals surface area contributed by atoms with Gasteiger partial charge in [0, 0.05) is 18.1 Å². The zero-order valence-corrected chi connectivity index (χ0v) is 5.52. The summed E-state index contributed by atoms with van der Waals surface area (Å²) in [4.78, 5) is 13.6. The number of hydrogen-bond donors (Lipinski definition) is 0. The van der Waals surface area contributed by atoms with Gasteiger partial charge in [-0.2, -0.15) is 0 Å². The van der Waals surface area contributed by atoms with E-state index in [0.717, 1.165) is 0 Å². The summed E-state index contributed by atoms with van der Waals surface area (Å²) in [5.41, 5.74) is -1.10. The van der Waals surface area contributed by atoms with Crippen molar-refractivity contribution in [2.45, 2.75) is 12.5 Å². The average molecular weight is 139 g/mol. The molecule has 4 nitrogen and oxygen atoms in total. The number of dihydropyridines is 1. The fourth-order valence-electron chi connectivity index (χ4n) is 0.633. The third-order valence-electron chi connectivity index (χ3n) is 1.34. The lowest BCUT2D eigenvalue weighted by Gasteiger charge is -2.14. The summed E-state index contributed by atoms with van der Waals surface area (Å²) < 4.78 is 0. The Kier molecular flexibility index (Phi) is 1.53. The molecule has 0 aromatic heterocycles. The van der Waals surface area contributed by atoms with Crippen molar-refractivity contribution in [3.63, 3.8) is 0 Å². The van der Waals surface area contributed by atoms with E-state index in [0.29, 0.717) is 0 Å². The molecular formula is C6H7N2O2. The fraction of sp³-hybridized carbons (Fsp3) is 0.333. The lowest BCUT2D eigenvalue weighted by atomic mass is 10.0. The van der Waals surface area contributed by atoms with E-state index in [1.54, 1.807) is 6.08 Å². The first-order chi connectivity index (χ1) is 4.65. The summed E-state index contributed by atoms with van der Waals surface area (Å²) in [5, 5.41) is 10.3. The van der Waals surface area contributed by atoms with Gasteiger partial charge in [0.1, 0.15) is 0 Å². The van der Waals surface area contributed by atoms with Crippen LogP contribution >= 0.6 is 0 Å². The van der Waals surface area contributed by atoms with Crippen molar-refractivity contribution in [2.75, 3.05) is 0 Å². The van der Waals surface area contributed by atoms with Crippen molar-refractivity contribution in [1.29, 1.82) is 0 Å². The van der Waals surface area contributed by atoms with Crippen molar-refractivity contribution in [3.8, 4) is 0 Å². The molecule has 0 aromatic carbocycles. The third-order valence-corrected chi connectivity index (χ3v) is 1.34. The highest BCUT2D eigenvalue weighted by Crippen LogP contribution is 2.17. The van der Waals surface area contributed by atoms with Crippen LogP contribution in [0.3, 0.4) is 0 Å². The predicted octanol–water partition coefficient (Wildman–Crippen LogP) is 0.824. The topological polar surface area (TPSA) is 55.5 Å². The molecule has 1 unspecified atom stereocenters. The second-order valence-corrected chi connectivity index (χ2v) is 2.27. The van der Waals surface area contributed by atoms with Crippen LogP contribution in [0, 0.1) is 16.7 Å². The van der Waals surface area contributed by atoms with Gasteiger partial charge in [-0.1, -0.05) is 0 Å². The highest BCUT2D eigenvalue weighted by atomic mass is 16.6. The lowest BCUT2D eigenvalue weighted by Crippen LogP contribution is -2.33. The Morgan fingerprint density at radius 2 is 2.40 bits per heavy atom. The molecule has 0 spiro atoms. The molecule has 0 bridgehead atoms. The zero-order chi connectivity index (χ0) is 7.61. The summed E-state index contributed by atoms with van der Waals surface area (Å²) in [7, 11) is 0. The standard InChI is InChI=1S/C6H7N2O2/c1-6(8(9)10)3-2-4-7-5-6/h2-5H,1H3. The van der Waals surface area contributed by atoms with E-state index < -0.39 is 5.54 Å². The molecule has 1 radical (unpaired) electrons. The van der Waals surface area contributed by atoms with Crippen LogP contribution in [0.25, 0.3) is 0 Å². The van der Waals surface area contributed by atoms with Gasteiger partial charge in [0.05, 0.1) is 0 Å². The van der Waals surface area contributed by atoms with Gasteiger partial charge in [-0.3, -0.25) is 15.1 Å². The first kappa shape index (κ1) is 6.92. The van der Waals surface area contributed by atoms with Crippen LogP contribution < -0.4 is 0 Å². The Hall–Kier alpha value is -1.19. The summed E-state index contributed by atoms with van der Waals surface area (Å²) in [6.45, 7) is 2.81. The number of nitrogens with zero attached hydrogens (tertiary/aromatic N) is 2. The molecule has 0 fully saturated rings. The van der Waals surface area contributed by atoms with Gasteiger partial charge in [-0.05, 0) is 12.2 Å². The highest BCUT2D eigenvalue weighted by molar-refractivity contribution is 5.73. The second-order valence-electron chi connectivity index (χ2n) is 2.27. The molecule has 1 aliphatic heterocycles. The molecule has 1 rings (SSSR count). The van der Waals surface area contributed by atoms with Gasteiger partial charge < -0.3 is 0 Å². The SMILES string of the molecule is CC1([N+](=O)[O-])[CH]N=CC=C1. The molecule has 0 saturated heterocycles. The Bertz CT molecular complexity index is 210. The molecule has 4 heteroatoms. The molecule has 1 aliphatic rings. The Labute approximate surface area is 58.4 Å². The minimum atomic E-state index is -1.10. The Morgan fingerprint density at radius 3 is 2.70 bits per heavy atom. The normalized spacial score (nSPS) is 30.5. The first-order valence-electron chi connectivity index (χ1n) is 2.85. The van der Waals surface area contributed by atoms with Gasteiger partial charge in [0.25, 0.3) is 5.54 Å². The molecule has 0 saturated carbocycles. The van der Waals surface area contributed by atoms with Crippen LogP contribution in [0.1, 0.15) is 6.92 Å². The van der Waals surface area contributed by atoms with Crippen molar-refractivity contribution in [1.82, 2.24) is 0 Å². The largest absolute Gasteiger partial charge is 0.279 e. The monoisotopic (exact) mass is 139 g/mol. The van der Waals surface area contributed by atoms with E-state index in [9.17, 15) is 10.1 Å². The number of hydrogen-bond acceptors (Lipinski definition) is 3. The van der Waals surface area contributed by atoms with Crippen LogP contribution in [-0.2, 0) is 0 Å². The third kappa shape index (κ3) is 1.05. The van der Waals surface area contributed by atoms with Gasteiger partial charge in [0.15, 0.2) is 6.54 Å². The van der Waals surface area contributed by atoms with Gasteiger partial charge in [-0.15, -0.1) is 0 Å². The van der Waals surface area contributed by atoms with Crippen LogP contribution in [-0.4, -0.2) is 16.7 Å². The quantitative estimate of drug-likeness (QED) is 0.399. The lowest BCUT2D eigenvalue weighted by molar-refractivity contribution is -0.540. The van der Waals surface area contributed by atoms with Crippen molar-refractivity contribution >= 4 is 6.21 Å².